The molecule has 13 heavy (non-hydrogen) atoms. The minimum absolute atomic E-state index is 0.0136. The van der Waals surface area contributed by atoms with Gasteiger partial charge < -0.3 is 5.11 Å². The van der Waals surface area contributed by atoms with Crippen LogP contribution in [0.25, 0.3) is 0 Å². The molecule has 0 spiro atoms. The minimum atomic E-state index is -2.89. The molecule has 0 unspecified atom stereocenters. The van der Waals surface area contributed by atoms with Gasteiger partial charge in [-0.15, -0.1) is 0 Å². The Bertz CT molecular complexity index is 343. The Morgan fingerprint density at radius 2 is 2.23 bits per heavy atom. The number of alkyl halides is 2. The summed E-state index contributed by atoms with van der Waals surface area (Å²) in [5.41, 5.74) is -1.33. The van der Waals surface area contributed by atoms with Gasteiger partial charge >= 0.3 is 5.97 Å². The van der Waals surface area contributed by atoms with E-state index in [9.17, 15) is 13.6 Å². The largest absolute Gasteiger partial charge is 0.476 e. The van der Waals surface area contributed by atoms with Gasteiger partial charge in [0, 0.05) is 6.20 Å². The summed E-state index contributed by atoms with van der Waals surface area (Å²) in [7, 11) is 0. The number of carboxylic acid groups (broad SMARTS) is 1. The van der Waals surface area contributed by atoms with E-state index in [2.05, 4.69) is 4.98 Å². The number of halogens is 3. The molecular formula is C7H4ClF2NO2. The summed E-state index contributed by atoms with van der Waals surface area (Å²) in [4.78, 5) is 13.7. The average Bonchev–Trinajstić information content (AvgIpc) is 2.03. The summed E-state index contributed by atoms with van der Waals surface area (Å²) < 4.78 is 24.4. The molecule has 0 atom stereocenters. The van der Waals surface area contributed by atoms with E-state index in [1.807, 2.05) is 0 Å². The molecule has 0 radical (unpaired) electrons. The van der Waals surface area contributed by atoms with Gasteiger partial charge in [0.1, 0.15) is 0 Å². The number of hydrogen-bond donors (Lipinski definition) is 1. The molecule has 0 bridgehead atoms. The van der Waals surface area contributed by atoms with Crippen molar-refractivity contribution in [3.63, 3.8) is 0 Å². The summed E-state index contributed by atoms with van der Waals surface area (Å²) >= 11 is 5.38. The molecule has 1 rings (SSSR count). The second kappa shape index (κ2) is 3.66. The summed E-state index contributed by atoms with van der Waals surface area (Å²) in [5.74, 6) is -1.49. The first-order valence-corrected chi connectivity index (χ1v) is 3.57. The lowest BCUT2D eigenvalue weighted by Crippen LogP contribution is -2.05. The van der Waals surface area contributed by atoms with Gasteiger partial charge in [-0.3, -0.25) is 0 Å². The maximum absolute atomic E-state index is 12.2. The number of aromatic nitrogens is 1. The molecule has 0 aromatic carbocycles. The van der Waals surface area contributed by atoms with E-state index in [-0.39, 0.29) is 5.02 Å². The van der Waals surface area contributed by atoms with Crippen LogP contribution in [-0.4, -0.2) is 16.1 Å². The van der Waals surface area contributed by atoms with Crippen LogP contribution in [0.3, 0.4) is 0 Å². The van der Waals surface area contributed by atoms with Crippen LogP contribution in [0, 0.1) is 0 Å². The van der Waals surface area contributed by atoms with Crippen molar-refractivity contribution in [2.24, 2.45) is 0 Å². The molecule has 0 saturated heterocycles. The maximum Gasteiger partial charge on any atom is 0.354 e. The first kappa shape index (κ1) is 9.85. The van der Waals surface area contributed by atoms with E-state index in [1.165, 1.54) is 0 Å². The molecular weight excluding hydrogens is 204 g/mol. The zero-order valence-corrected chi connectivity index (χ0v) is 6.92. The van der Waals surface area contributed by atoms with E-state index in [0.717, 1.165) is 12.3 Å². The Balaban J connectivity index is 3.26. The van der Waals surface area contributed by atoms with Gasteiger partial charge in [0.25, 0.3) is 6.43 Å². The van der Waals surface area contributed by atoms with E-state index < -0.39 is 23.7 Å². The average molecular weight is 208 g/mol. The highest BCUT2D eigenvalue weighted by molar-refractivity contribution is 6.30. The second-order valence-corrected chi connectivity index (χ2v) is 2.63. The quantitative estimate of drug-likeness (QED) is 0.810. The van der Waals surface area contributed by atoms with Crippen molar-refractivity contribution >= 4 is 17.6 Å². The van der Waals surface area contributed by atoms with Crippen molar-refractivity contribution in [2.45, 2.75) is 6.43 Å². The highest BCUT2D eigenvalue weighted by atomic mass is 35.5. The SMILES string of the molecule is O=C(O)c1ncc(Cl)cc1C(F)F. The highest BCUT2D eigenvalue weighted by Gasteiger charge is 2.19. The lowest BCUT2D eigenvalue weighted by molar-refractivity contribution is 0.0677. The molecule has 6 heteroatoms. The normalized spacial score (nSPS) is 10.5. The summed E-state index contributed by atoms with van der Waals surface area (Å²) in [5, 5.41) is 8.45. The van der Waals surface area contributed by atoms with Crippen LogP contribution in [0.2, 0.25) is 5.02 Å². The van der Waals surface area contributed by atoms with Crippen molar-refractivity contribution in [1.82, 2.24) is 4.98 Å². The Hall–Kier alpha value is -1.23. The van der Waals surface area contributed by atoms with Gasteiger partial charge in [0.15, 0.2) is 5.69 Å². The monoisotopic (exact) mass is 207 g/mol. The molecule has 3 nitrogen and oxygen atoms in total. The second-order valence-electron chi connectivity index (χ2n) is 2.20. The standard InChI is InChI=1S/C7H4ClF2NO2/c8-3-1-4(6(9)10)5(7(12)13)11-2-3/h1-2,6H,(H,12,13). The fourth-order valence-corrected chi connectivity index (χ4v) is 0.966. The number of hydrogen-bond acceptors (Lipinski definition) is 2. The number of nitrogens with zero attached hydrogens (tertiary/aromatic N) is 1. The molecule has 0 aliphatic carbocycles. The van der Waals surface area contributed by atoms with Crippen molar-refractivity contribution in [1.29, 1.82) is 0 Å². The molecule has 0 saturated carbocycles. The van der Waals surface area contributed by atoms with Crippen LogP contribution in [0.15, 0.2) is 12.3 Å². The van der Waals surface area contributed by atoms with Crippen molar-refractivity contribution in [3.8, 4) is 0 Å². The number of aromatic carboxylic acids is 1. The van der Waals surface area contributed by atoms with Gasteiger partial charge in [-0.25, -0.2) is 18.6 Å². The molecule has 0 fully saturated rings. The van der Waals surface area contributed by atoms with Crippen molar-refractivity contribution in [3.05, 3.63) is 28.5 Å². The van der Waals surface area contributed by atoms with Gasteiger partial charge in [0.2, 0.25) is 0 Å². The molecule has 0 aliphatic rings. The number of carbonyl (C=O) groups is 1. The fraction of sp³-hybridized carbons (Fsp3) is 0.143. The Kier molecular flexibility index (Phi) is 2.77. The van der Waals surface area contributed by atoms with Gasteiger partial charge in [-0.1, -0.05) is 11.6 Å². The van der Waals surface area contributed by atoms with E-state index >= 15 is 0 Å². The van der Waals surface area contributed by atoms with Crippen LogP contribution in [-0.2, 0) is 0 Å². The number of pyridine rings is 1. The van der Waals surface area contributed by atoms with Crippen LogP contribution in [0.4, 0.5) is 8.78 Å². The molecule has 0 amide bonds. The number of carboxylic acids is 1. The third-order valence-electron chi connectivity index (χ3n) is 1.32. The van der Waals surface area contributed by atoms with Gasteiger partial charge in [-0.2, -0.15) is 0 Å². The first-order chi connectivity index (χ1) is 6.02. The smallest absolute Gasteiger partial charge is 0.354 e. The van der Waals surface area contributed by atoms with Crippen molar-refractivity contribution < 1.29 is 18.7 Å². The zero-order chi connectivity index (χ0) is 10.0. The molecule has 70 valence electrons. The Labute approximate surface area is 77.0 Å². The van der Waals surface area contributed by atoms with Gasteiger partial charge in [-0.05, 0) is 6.07 Å². The fourth-order valence-electron chi connectivity index (χ4n) is 0.800. The van der Waals surface area contributed by atoms with E-state index in [1.54, 1.807) is 0 Å². The van der Waals surface area contributed by atoms with E-state index in [4.69, 9.17) is 16.7 Å². The molecule has 0 aliphatic heterocycles. The Morgan fingerprint density at radius 3 is 2.69 bits per heavy atom. The Morgan fingerprint density at radius 1 is 1.62 bits per heavy atom. The summed E-state index contributed by atoms with van der Waals surface area (Å²) in [6.45, 7) is 0. The lowest BCUT2D eigenvalue weighted by Gasteiger charge is -2.03. The predicted molar refractivity (Wildman–Crippen MR) is 41.2 cm³/mol. The lowest BCUT2D eigenvalue weighted by atomic mass is 10.2. The molecule has 1 aromatic rings. The third kappa shape index (κ3) is 2.12. The molecule has 1 aromatic heterocycles. The topological polar surface area (TPSA) is 50.2 Å². The number of rotatable bonds is 2. The predicted octanol–water partition coefficient (Wildman–Crippen LogP) is 2.37. The maximum atomic E-state index is 12.2. The van der Waals surface area contributed by atoms with Crippen LogP contribution in [0.5, 0.6) is 0 Å². The zero-order valence-electron chi connectivity index (χ0n) is 6.17. The van der Waals surface area contributed by atoms with Crippen LogP contribution in [0.1, 0.15) is 22.5 Å². The van der Waals surface area contributed by atoms with E-state index in [0.29, 0.717) is 0 Å². The summed E-state index contributed by atoms with van der Waals surface area (Å²) in [6.07, 6.45) is -1.88. The minimum Gasteiger partial charge on any atom is -0.476 e. The molecule has 1 N–H and O–H groups in total. The van der Waals surface area contributed by atoms with Crippen LogP contribution < -0.4 is 0 Å². The van der Waals surface area contributed by atoms with Gasteiger partial charge in [0.05, 0.1) is 10.6 Å². The first-order valence-electron chi connectivity index (χ1n) is 3.19. The molecule has 1 heterocycles. The van der Waals surface area contributed by atoms with Crippen LogP contribution >= 0.6 is 11.6 Å². The van der Waals surface area contributed by atoms with Crippen molar-refractivity contribution in [2.75, 3.05) is 0 Å². The highest BCUT2D eigenvalue weighted by Crippen LogP contribution is 2.24. The summed E-state index contributed by atoms with van der Waals surface area (Å²) in [6, 6.07) is 0.892. The third-order valence-corrected chi connectivity index (χ3v) is 1.53.